The molecule has 0 fully saturated rings. The average Bonchev–Trinajstić information content (AvgIpc) is 3.35. The SMILES string of the molecule is O=C(COC(=O)c1ccc(-c2ccccc2Cl)o1)c1ccc2c(c1)OCO2. The van der Waals surface area contributed by atoms with Crippen molar-refractivity contribution in [1.82, 2.24) is 0 Å². The molecule has 0 radical (unpaired) electrons. The minimum absolute atomic E-state index is 0.0107. The van der Waals surface area contributed by atoms with Crippen LogP contribution in [0.2, 0.25) is 5.02 Å². The number of fused-ring (bicyclic) bond motifs is 1. The molecule has 136 valence electrons. The predicted molar refractivity (Wildman–Crippen MR) is 96.3 cm³/mol. The van der Waals surface area contributed by atoms with Gasteiger partial charge in [0.15, 0.2) is 23.9 Å². The molecule has 27 heavy (non-hydrogen) atoms. The zero-order valence-corrected chi connectivity index (χ0v) is 14.7. The number of hydrogen-bond donors (Lipinski definition) is 0. The van der Waals surface area contributed by atoms with E-state index in [1.807, 2.05) is 6.07 Å². The van der Waals surface area contributed by atoms with E-state index in [2.05, 4.69) is 0 Å². The molecule has 0 saturated carbocycles. The third-order valence-electron chi connectivity index (χ3n) is 3.98. The Morgan fingerprint density at radius 3 is 2.67 bits per heavy atom. The van der Waals surface area contributed by atoms with Gasteiger partial charge in [-0.3, -0.25) is 4.79 Å². The first kappa shape index (κ1) is 17.2. The molecule has 0 bridgehead atoms. The summed E-state index contributed by atoms with van der Waals surface area (Å²) in [5.41, 5.74) is 1.03. The molecule has 0 amide bonds. The number of furan rings is 1. The monoisotopic (exact) mass is 384 g/mol. The highest BCUT2D eigenvalue weighted by Gasteiger charge is 2.19. The highest BCUT2D eigenvalue weighted by Crippen LogP contribution is 2.32. The first-order valence-corrected chi connectivity index (χ1v) is 8.44. The molecule has 0 spiro atoms. The van der Waals surface area contributed by atoms with Gasteiger partial charge in [0.1, 0.15) is 5.76 Å². The van der Waals surface area contributed by atoms with Gasteiger partial charge in [-0.05, 0) is 42.5 Å². The Hall–Kier alpha value is -3.25. The second kappa shape index (κ2) is 7.17. The third-order valence-corrected chi connectivity index (χ3v) is 4.30. The molecule has 1 aromatic heterocycles. The Morgan fingerprint density at radius 2 is 1.81 bits per heavy atom. The smallest absolute Gasteiger partial charge is 0.374 e. The molecule has 2 heterocycles. The van der Waals surface area contributed by atoms with Gasteiger partial charge in [-0.15, -0.1) is 0 Å². The van der Waals surface area contributed by atoms with Crippen LogP contribution < -0.4 is 9.47 Å². The van der Waals surface area contributed by atoms with Crippen LogP contribution in [0.3, 0.4) is 0 Å². The Morgan fingerprint density at radius 1 is 1.00 bits per heavy atom. The lowest BCUT2D eigenvalue weighted by Crippen LogP contribution is -2.13. The van der Waals surface area contributed by atoms with Crippen molar-refractivity contribution in [2.75, 3.05) is 13.4 Å². The van der Waals surface area contributed by atoms with Crippen LogP contribution in [-0.4, -0.2) is 25.2 Å². The zero-order chi connectivity index (χ0) is 18.8. The van der Waals surface area contributed by atoms with Gasteiger partial charge in [0.25, 0.3) is 0 Å². The van der Waals surface area contributed by atoms with Crippen LogP contribution >= 0.6 is 11.6 Å². The number of carbonyl (C=O) groups excluding carboxylic acids is 2. The molecule has 0 aliphatic carbocycles. The van der Waals surface area contributed by atoms with Crippen molar-refractivity contribution in [2.45, 2.75) is 0 Å². The molecule has 1 aliphatic heterocycles. The van der Waals surface area contributed by atoms with Crippen LogP contribution in [0.15, 0.2) is 59.0 Å². The first-order valence-electron chi connectivity index (χ1n) is 8.06. The first-order chi connectivity index (χ1) is 13.1. The molecular weight excluding hydrogens is 372 g/mol. The van der Waals surface area contributed by atoms with E-state index in [9.17, 15) is 9.59 Å². The number of hydrogen-bond acceptors (Lipinski definition) is 6. The topological polar surface area (TPSA) is 75.0 Å². The number of rotatable bonds is 5. The summed E-state index contributed by atoms with van der Waals surface area (Å²) in [4.78, 5) is 24.4. The molecular formula is C20H13ClO6. The molecule has 1 aliphatic rings. The number of Topliss-reactive ketones (excluding diaryl/α,β-unsaturated/α-hetero) is 1. The van der Waals surface area contributed by atoms with Gasteiger partial charge in [-0.1, -0.05) is 23.7 Å². The van der Waals surface area contributed by atoms with Crippen LogP contribution in [-0.2, 0) is 4.74 Å². The van der Waals surface area contributed by atoms with Crippen molar-refractivity contribution in [3.05, 3.63) is 70.9 Å². The molecule has 7 heteroatoms. The quantitative estimate of drug-likeness (QED) is 0.480. The van der Waals surface area contributed by atoms with Crippen molar-refractivity contribution in [3.8, 4) is 22.8 Å². The van der Waals surface area contributed by atoms with Gasteiger partial charge in [-0.25, -0.2) is 4.79 Å². The summed E-state index contributed by atoms with van der Waals surface area (Å²) >= 11 is 6.12. The van der Waals surface area contributed by atoms with Gasteiger partial charge in [0.2, 0.25) is 12.6 Å². The van der Waals surface area contributed by atoms with Gasteiger partial charge in [0, 0.05) is 11.1 Å². The Balaban J connectivity index is 1.41. The fourth-order valence-electron chi connectivity index (χ4n) is 2.61. The molecule has 4 rings (SSSR count). The van der Waals surface area contributed by atoms with E-state index < -0.39 is 12.6 Å². The highest BCUT2D eigenvalue weighted by molar-refractivity contribution is 6.33. The summed E-state index contributed by atoms with van der Waals surface area (Å²) in [5, 5.41) is 0.504. The minimum Gasteiger partial charge on any atom is -0.454 e. The van der Waals surface area contributed by atoms with Gasteiger partial charge in [-0.2, -0.15) is 0 Å². The normalized spacial score (nSPS) is 12.0. The second-order valence-electron chi connectivity index (χ2n) is 5.71. The van der Waals surface area contributed by atoms with Crippen molar-refractivity contribution in [2.24, 2.45) is 0 Å². The minimum atomic E-state index is -0.734. The fourth-order valence-corrected chi connectivity index (χ4v) is 2.84. The lowest BCUT2D eigenvalue weighted by Gasteiger charge is -2.04. The molecule has 3 aromatic rings. The molecule has 0 N–H and O–H groups in total. The molecule has 0 saturated heterocycles. The van der Waals surface area contributed by atoms with Crippen molar-refractivity contribution in [3.63, 3.8) is 0 Å². The molecule has 2 aromatic carbocycles. The Bertz CT molecular complexity index is 1020. The number of ketones is 1. The summed E-state index contributed by atoms with van der Waals surface area (Å²) in [6.07, 6.45) is 0. The third kappa shape index (κ3) is 3.52. The summed E-state index contributed by atoms with van der Waals surface area (Å²) in [7, 11) is 0. The zero-order valence-electron chi connectivity index (χ0n) is 13.9. The van der Waals surface area contributed by atoms with Crippen LogP contribution in [0, 0.1) is 0 Å². The maximum atomic E-state index is 12.2. The standard InChI is InChI=1S/C20H13ClO6/c21-14-4-2-1-3-13(14)16-7-8-18(27-16)20(23)24-10-15(22)12-5-6-17-19(9-12)26-11-25-17/h1-9H,10-11H2. The lowest BCUT2D eigenvalue weighted by molar-refractivity contribution is 0.0445. The van der Waals surface area contributed by atoms with Gasteiger partial charge in [0.05, 0.1) is 5.02 Å². The maximum absolute atomic E-state index is 12.2. The predicted octanol–water partition coefficient (Wildman–Crippen LogP) is 4.37. The Kier molecular flexibility index (Phi) is 4.56. The molecule has 6 nitrogen and oxygen atoms in total. The Labute approximate surface area is 159 Å². The average molecular weight is 385 g/mol. The van der Waals surface area contributed by atoms with E-state index >= 15 is 0 Å². The summed E-state index contributed by atoms with van der Waals surface area (Å²) in [5.74, 6) is 0.397. The van der Waals surface area contributed by atoms with E-state index in [0.29, 0.717) is 33.4 Å². The van der Waals surface area contributed by atoms with Crippen molar-refractivity contribution in [1.29, 1.82) is 0 Å². The number of halogens is 1. The van der Waals surface area contributed by atoms with E-state index in [1.165, 1.54) is 6.07 Å². The number of benzene rings is 2. The van der Waals surface area contributed by atoms with Crippen LogP contribution in [0.25, 0.3) is 11.3 Å². The lowest BCUT2D eigenvalue weighted by atomic mass is 10.1. The van der Waals surface area contributed by atoms with E-state index in [4.69, 9.17) is 30.2 Å². The largest absolute Gasteiger partial charge is 0.454 e. The summed E-state index contributed by atoms with van der Waals surface area (Å²) < 4.78 is 21.0. The van der Waals surface area contributed by atoms with Crippen LogP contribution in [0.4, 0.5) is 0 Å². The summed E-state index contributed by atoms with van der Waals surface area (Å²) in [6, 6.07) is 15.0. The van der Waals surface area contributed by atoms with Gasteiger partial charge >= 0.3 is 5.97 Å². The van der Waals surface area contributed by atoms with Crippen LogP contribution in [0.5, 0.6) is 11.5 Å². The fraction of sp³-hybridized carbons (Fsp3) is 0.100. The molecule has 0 atom stereocenters. The maximum Gasteiger partial charge on any atom is 0.374 e. The van der Waals surface area contributed by atoms with Gasteiger partial charge < -0.3 is 18.6 Å². The van der Waals surface area contributed by atoms with E-state index in [0.717, 1.165) is 0 Å². The van der Waals surface area contributed by atoms with E-state index in [-0.39, 0.29) is 18.3 Å². The van der Waals surface area contributed by atoms with E-state index in [1.54, 1.807) is 42.5 Å². The van der Waals surface area contributed by atoms with Crippen molar-refractivity contribution >= 4 is 23.4 Å². The highest BCUT2D eigenvalue weighted by atomic mass is 35.5. The number of esters is 1. The second-order valence-corrected chi connectivity index (χ2v) is 6.12. The number of carbonyl (C=O) groups is 2. The van der Waals surface area contributed by atoms with Crippen molar-refractivity contribution < 1.29 is 28.2 Å². The molecule has 0 unspecified atom stereocenters. The van der Waals surface area contributed by atoms with Crippen LogP contribution in [0.1, 0.15) is 20.9 Å². The number of ether oxygens (including phenoxy) is 3. The summed E-state index contributed by atoms with van der Waals surface area (Å²) in [6.45, 7) is -0.297.